The van der Waals surface area contributed by atoms with E-state index in [4.69, 9.17) is 0 Å². The van der Waals surface area contributed by atoms with Crippen LogP contribution in [0, 0.1) is 5.82 Å². The molecule has 0 radical (unpaired) electrons. The maximum absolute atomic E-state index is 14.3. The van der Waals surface area contributed by atoms with Crippen molar-refractivity contribution < 1.29 is 4.39 Å². The van der Waals surface area contributed by atoms with Crippen LogP contribution in [0.3, 0.4) is 0 Å². The lowest BCUT2D eigenvalue weighted by Gasteiger charge is -2.20. The van der Waals surface area contributed by atoms with Crippen molar-refractivity contribution in [2.24, 2.45) is 0 Å². The Kier molecular flexibility index (Phi) is 3.57. The molecule has 3 nitrogen and oxygen atoms in total. The smallest absolute Gasteiger partial charge is 0.149 e. The van der Waals surface area contributed by atoms with Crippen molar-refractivity contribution in [1.29, 1.82) is 0 Å². The van der Waals surface area contributed by atoms with Crippen molar-refractivity contribution in [3.8, 4) is 5.69 Å². The predicted molar refractivity (Wildman–Crippen MR) is 82.1 cm³/mol. The van der Waals surface area contributed by atoms with Gasteiger partial charge in [0.1, 0.15) is 11.5 Å². The fourth-order valence-electron chi connectivity index (χ4n) is 2.28. The van der Waals surface area contributed by atoms with Crippen molar-refractivity contribution in [2.45, 2.75) is 51.6 Å². The number of rotatable bonds is 4. The van der Waals surface area contributed by atoms with Gasteiger partial charge in [0.25, 0.3) is 0 Å². The molecule has 21 heavy (non-hydrogen) atoms. The lowest BCUT2D eigenvalue weighted by Crippen LogP contribution is -2.35. The normalized spacial score (nSPS) is 15.4. The highest BCUT2D eigenvalue weighted by molar-refractivity contribution is 5.36. The summed E-state index contributed by atoms with van der Waals surface area (Å²) in [6.07, 6.45) is 4.26. The third kappa shape index (κ3) is 3.50. The highest BCUT2D eigenvalue weighted by Crippen LogP contribution is 2.39. The lowest BCUT2D eigenvalue weighted by molar-refractivity contribution is 0.423. The van der Waals surface area contributed by atoms with Gasteiger partial charge < -0.3 is 5.32 Å². The van der Waals surface area contributed by atoms with E-state index in [-0.39, 0.29) is 11.4 Å². The molecule has 0 aliphatic heterocycles. The van der Waals surface area contributed by atoms with Gasteiger partial charge in [0.2, 0.25) is 0 Å². The second-order valence-electron chi connectivity index (χ2n) is 6.85. The van der Waals surface area contributed by atoms with Crippen molar-refractivity contribution in [3.63, 3.8) is 0 Å². The standard InChI is InChI=1S/C17H22FN3/c1-17(2,3)19-11-12-4-7-16(14(18)10-12)21-9-8-15(20-21)13-5-6-13/h4,7-10,13,19H,5-6,11H2,1-3H3. The van der Waals surface area contributed by atoms with Gasteiger partial charge in [-0.1, -0.05) is 6.07 Å². The van der Waals surface area contributed by atoms with Crippen LogP contribution in [-0.2, 0) is 6.54 Å². The van der Waals surface area contributed by atoms with E-state index < -0.39 is 0 Å². The fourth-order valence-corrected chi connectivity index (χ4v) is 2.28. The summed E-state index contributed by atoms with van der Waals surface area (Å²) in [6, 6.07) is 7.34. The molecular weight excluding hydrogens is 265 g/mol. The topological polar surface area (TPSA) is 29.9 Å². The van der Waals surface area contributed by atoms with Crippen molar-refractivity contribution in [1.82, 2.24) is 15.1 Å². The van der Waals surface area contributed by atoms with E-state index in [1.165, 1.54) is 12.8 Å². The average Bonchev–Trinajstić information content (AvgIpc) is 3.15. The minimum absolute atomic E-state index is 0.0241. The summed E-state index contributed by atoms with van der Waals surface area (Å²) in [4.78, 5) is 0. The molecule has 112 valence electrons. The van der Waals surface area contributed by atoms with E-state index in [1.807, 2.05) is 18.3 Å². The molecule has 0 atom stereocenters. The summed E-state index contributed by atoms with van der Waals surface area (Å²) in [7, 11) is 0. The summed E-state index contributed by atoms with van der Waals surface area (Å²) < 4.78 is 15.9. The Morgan fingerprint density at radius 3 is 2.67 bits per heavy atom. The van der Waals surface area contributed by atoms with Gasteiger partial charge in [-0.3, -0.25) is 0 Å². The molecule has 1 aliphatic carbocycles. The van der Waals surface area contributed by atoms with E-state index in [0.717, 1.165) is 11.3 Å². The van der Waals surface area contributed by atoms with Crippen molar-refractivity contribution in [2.75, 3.05) is 0 Å². The molecule has 3 rings (SSSR count). The number of nitrogens with zero attached hydrogens (tertiary/aromatic N) is 2. The molecule has 2 aromatic rings. The van der Waals surface area contributed by atoms with Crippen LogP contribution in [0.4, 0.5) is 4.39 Å². The summed E-state index contributed by atoms with van der Waals surface area (Å²) in [5.41, 5.74) is 2.56. The molecule has 1 heterocycles. The Bertz CT molecular complexity index is 636. The average molecular weight is 287 g/mol. The molecule has 0 amide bonds. The molecule has 1 N–H and O–H groups in total. The number of hydrogen-bond donors (Lipinski definition) is 1. The first-order valence-corrected chi connectivity index (χ1v) is 7.52. The van der Waals surface area contributed by atoms with Gasteiger partial charge in [0, 0.05) is 24.2 Å². The molecule has 0 bridgehead atoms. The first-order valence-electron chi connectivity index (χ1n) is 7.52. The predicted octanol–water partition coefficient (Wildman–Crippen LogP) is 3.78. The fraction of sp³-hybridized carbons (Fsp3) is 0.471. The van der Waals surface area contributed by atoms with E-state index in [0.29, 0.717) is 18.2 Å². The van der Waals surface area contributed by atoms with E-state index in [9.17, 15) is 4.39 Å². The zero-order valence-electron chi connectivity index (χ0n) is 12.9. The largest absolute Gasteiger partial charge is 0.308 e. The molecule has 1 aromatic carbocycles. The summed E-state index contributed by atoms with van der Waals surface area (Å²) in [6.45, 7) is 6.95. The monoisotopic (exact) mass is 287 g/mol. The van der Waals surface area contributed by atoms with Gasteiger partial charge in [0.15, 0.2) is 0 Å². The third-order valence-corrected chi connectivity index (χ3v) is 3.69. The Labute approximate surface area is 125 Å². The van der Waals surface area contributed by atoms with Gasteiger partial charge in [-0.25, -0.2) is 9.07 Å². The molecule has 4 heteroatoms. The van der Waals surface area contributed by atoms with Gasteiger partial charge in [0.05, 0.1) is 5.69 Å². The number of aromatic nitrogens is 2. The molecular formula is C17H22FN3. The van der Waals surface area contributed by atoms with Crippen LogP contribution in [-0.4, -0.2) is 15.3 Å². The molecule has 1 aromatic heterocycles. The number of halogens is 1. The second-order valence-corrected chi connectivity index (χ2v) is 6.85. The summed E-state index contributed by atoms with van der Waals surface area (Å²) >= 11 is 0. The number of hydrogen-bond acceptors (Lipinski definition) is 2. The summed E-state index contributed by atoms with van der Waals surface area (Å²) in [5.74, 6) is 0.359. The van der Waals surface area contributed by atoms with Gasteiger partial charge in [-0.15, -0.1) is 0 Å². The SMILES string of the molecule is CC(C)(C)NCc1ccc(-n2ccc(C3CC3)n2)c(F)c1. The molecule has 1 saturated carbocycles. The van der Waals surface area contributed by atoms with Crippen molar-refractivity contribution in [3.05, 3.63) is 47.5 Å². The second kappa shape index (κ2) is 5.26. The zero-order valence-corrected chi connectivity index (χ0v) is 12.9. The van der Waals surface area contributed by atoms with Crippen LogP contribution >= 0.6 is 0 Å². The Morgan fingerprint density at radius 1 is 1.29 bits per heavy atom. The molecule has 1 fully saturated rings. The van der Waals surface area contributed by atoms with E-state index in [2.05, 4.69) is 31.2 Å². The van der Waals surface area contributed by atoms with Crippen LogP contribution in [0.5, 0.6) is 0 Å². The number of benzene rings is 1. The van der Waals surface area contributed by atoms with Gasteiger partial charge in [-0.05, 0) is 57.4 Å². The first kappa shape index (κ1) is 14.3. The maximum atomic E-state index is 14.3. The highest BCUT2D eigenvalue weighted by atomic mass is 19.1. The van der Waals surface area contributed by atoms with Crippen LogP contribution < -0.4 is 5.32 Å². The van der Waals surface area contributed by atoms with E-state index in [1.54, 1.807) is 16.8 Å². The van der Waals surface area contributed by atoms with Crippen LogP contribution in [0.2, 0.25) is 0 Å². The Hall–Kier alpha value is -1.68. The Balaban J connectivity index is 1.76. The Morgan fingerprint density at radius 2 is 2.05 bits per heavy atom. The van der Waals surface area contributed by atoms with Gasteiger partial charge in [-0.2, -0.15) is 5.10 Å². The van der Waals surface area contributed by atoms with E-state index >= 15 is 0 Å². The quantitative estimate of drug-likeness (QED) is 0.927. The van der Waals surface area contributed by atoms with Crippen LogP contribution in [0.15, 0.2) is 30.5 Å². The van der Waals surface area contributed by atoms with Gasteiger partial charge >= 0.3 is 0 Å². The van der Waals surface area contributed by atoms with Crippen molar-refractivity contribution >= 4 is 0 Å². The van der Waals surface area contributed by atoms with Crippen LogP contribution in [0.1, 0.15) is 50.8 Å². The summed E-state index contributed by atoms with van der Waals surface area (Å²) in [5, 5.41) is 7.84. The zero-order chi connectivity index (χ0) is 15.0. The molecule has 0 spiro atoms. The third-order valence-electron chi connectivity index (χ3n) is 3.69. The maximum Gasteiger partial charge on any atom is 0.149 e. The highest BCUT2D eigenvalue weighted by Gasteiger charge is 2.26. The first-order chi connectivity index (χ1) is 9.92. The minimum atomic E-state index is -0.228. The molecule has 0 saturated heterocycles. The number of nitrogens with one attached hydrogen (secondary N) is 1. The molecule has 1 aliphatic rings. The minimum Gasteiger partial charge on any atom is -0.308 e. The lowest BCUT2D eigenvalue weighted by atomic mass is 10.1. The van der Waals surface area contributed by atoms with Crippen LogP contribution in [0.25, 0.3) is 5.69 Å². The molecule has 0 unspecified atom stereocenters.